The van der Waals surface area contributed by atoms with E-state index in [0.717, 1.165) is 12.0 Å². The van der Waals surface area contributed by atoms with Crippen LogP contribution >= 0.6 is 0 Å². The van der Waals surface area contributed by atoms with Crippen LogP contribution in [0.2, 0.25) is 0 Å². The minimum absolute atomic E-state index is 0.0181. The first kappa shape index (κ1) is 11.2. The Morgan fingerprint density at radius 1 is 1.40 bits per heavy atom. The summed E-state index contributed by atoms with van der Waals surface area (Å²) in [6, 6.07) is 4.76. The molecule has 80 valence electrons. The van der Waals surface area contributed by atoms with Crippen LogP contribution in [0.4, 0.5) is 0 Å². The van der Waals surface area contributed by atoms with Gasteiger partial charge in [0, 0.05) is 6.92 Å². The highest BCUT2D eigenvalue weighted by atomic mass is 16.5. The summed E-state index contributed by atoms with van der Waals surface area (Å²) in [5.41, 5.74) is 0.910. The molecule has 0 radical (unpaired) electrons. The standard InChI is InChI=1S/C11H12O4/c1-3-8-4-5-10(15-7(2)12)9(6-8)11(13)14/h4-6H,3H2,1-2H3,(H,13,14). The molecule has 0 spiro atoms. The number of carboxylic acid groups (broad SMARTS) is 1. The molecular weight excluding hydrogens is 196 g/mol. The summed E-state index contributed by atoms with van der Waals surface area (Å²) in [4.78, 5) is 21.6. The zero-order valence-corrected chi connectivity index (χ0v) is 8.61. The number of benzene rings is 1. The van der Waals surface area contributed by atoms with Gasteiger partial charge in [-0.25, -0.2) is 4.79 Å². The SMILES string of the molecule is CCc1ccc(OC(C)=O)c(C(=O)O)c1. The second-order valence-electron chi connectivity index (χ2n) is 3.08. The van der Waals surface area contributed by atoms with Gasteiger partial charge in [0.15, 0.2) is 0 Å². The fraction of sp³-hybridized carbons (Fsp3) is 0.273. The van der Waals surface area contributed by atoms with Gasteiger partial charge in [-0.1, -0.05) is 13.0 Å². The monoisotopic (exact) mass is 208 g/mol. The van der Waals surface area contributed by atoms with Crippen molar-refractivity contribution in [1.82, 2.24) is 0 Å². The number of aryl methyl sites for hydroxylation is 1. The summed E-state index contributed by atoms with van der Waals surface area (Å²) in [5.74, 6) is -1.53. The number of hydrogen-bond acceptors (Lipinski definition) is 3. The average Bonchev–Trinajstić information content (AvgIpc) is 2.17. The van der Waals surface area contributed by atoms with E-state index in [9.17, 15) is 9.59 Å². The molecule has 0 bridgehead atoms. The third kappa shape index (κ3) is 2.80. The van der Waals surface area contributed by atoms with Crippen molar-refractivity contribution in [3.05, 3.63) is 29.3 Å². The maximum Gasteiger partial charge on any atom is 0.339 e. The van der Waals surface area contributed by atoms with Crippen molar-refractivity contribution < 1.29 is 19.4 Å². The Labute approximate surface area is 87.5 Å². The molecule has 0 atom stereocenters. The van der Waals surface area contributed by atoms with Gasteiger partial charge in [-0.15, -0.1) is 0 Å². The quantitative estimate of drug-likeness (QED) is 0.608. The second-order valence-corrected chi connectivity index (χ2v) is 3.08. The van der Waals surface area contributed by atoms with Gasteiger partial charge in [-0.3, -0.25) is 4.79 Å². The third-order valence-corrected chi connectivity index (χ3v) is 1.94. The van der Waals surface area contributed by atoms with Crippen LogP contribution in [0.5, 0.6) is 5.75 Å². The van der Waals surface area contributed by atoms with Crippen LogP contribution < -0.4 is 4.74 Å². The van der Waals surface area contributed by atoms with Crippen molar-refractivity contribution in [1.29, 1.82) is 0 Å². The van der Waals surface area contributed by atoms with Crippen LogP contribution in [0.3, 0.4) is 0 Å². The zero-order valence-electron chi connectivity index (χ0n) is 8.61. The molecule has 0 aliphatic heterocycles. The van der Waals surface area contributed by atoms with Gasteiger partial charge < -0.3 is 9.84 Å². The first-order chi connectivity index (χ1) is 7.04. The van der Waals surface area contributed by atoms with E-state index in [4.69, 9.17) is 9.84 Å². The number of esters is 1. The van der Waals surface area contributed by atoms with E-state index < -0.39 is 11.9 Å². The van der Waals surface area contributed by atoms with Crippen LogP contribution in [0.1, 0.15) is 29.8 Å². The Morgan fingerprint density at radius 2 is 2.07 bits per heavy atom. The minimum Gasteiger partial charge on any atom is -0.478 e. The second kappa shape index (κ2) is 4.59. The van der Waals surface area contributed by atoms with E-state index in [2.05, 4.69) is 0 Å². The minimum atomic E-state index is -1.10. The maximum atomic E-state index is 10.9. The number of rotatable bonds is 3. The Kier molecular flexibility index (Phi) is 3.44. The average molecular weight is 208 g/mol. The van der Waals surface area contributed by atoms with E-state index in [1.807, 2.05) is 6.92 Å². The van der Waals surface area contributed by atoms with Crippen molar-refractivity contribution in [3.63, 3.8) is 0 Å². The molecule has 0 saturated heterocycles. The summed E-state index contributed by atoms with van der Waals surface area (Å²) >= 11 is 0. The smallest absolute Gasteiger partial charge is 0.339 e. The largest absolute Gasteiger partial charge is 0.478 e. The van der Waals surface area contributed by atoms with Crippen LogP contribution in [0.15, 0.2) is 18.2 Å². The molecule has 1 N–H and O–H groups in total. The molecule has 1 rings (SSSR count). The highest BCUT2D eigenvalue weighted by Gasteiger charge is 2.13. The molecule has 0 unspecified atom stereocenters. The van der Waals surface area contributed by atoms with Gasteiger partial charge in [0.1, 0.15) is 11.3 Å². The molecule has 0 aliphatic carbocycles. The number of hydrogen-bond donors (Lipinski definition) is 1. The molecule has 0 saturated carbocycles. The Balaban J connectivity index is 3.15. The van der Waals surface area contributed by atoms with Gasteiger partial charge in [0.05, 0.1) is 0 Å². The molecule has 0 heterocycles. The van der Waals surface area contributed by atoms with Crippen molar-refractivity contribution in [2.24, 2.45) is 0 Å². The molecule has 1 aromatic rings. The van der Waals surface area contributed by atoms with Crippen LogP contribution in [-0.4, -0.2) is 17.0 Å². The lowest BCUT2D eigenvalue weighted by atomic mass is 10.1. The van der Waals surface area contributed by atoms with E-state index in [1.165, 1.54) is 19.1 Å². The van der Waals surface area contributed by atoms with E-state index >= 15 is 0 Å². The molecule has 0 amide bonds. The molecular formula is C11H12O4. The van der Waals surface area contributed by atoms with Crippen molar-refractivity contribution >= 4 is 11.9 Å². The van der Waals surface area contributed by atoms with Crippen molar-refractivity contribution in [3.8, 4) is 5.75 Å². The molecule has 0 fully saturated rings. The first-order valence-corrected chi connectivity index (χ1v) is 4.59. The van der Waals surface area contributed by atoms with E-state index in [0.29, 0.717) is 0 Å². The predicted octanol–water partition coefficient (Wildman–Crippen LogP) is 1.87. The Morgan fingerprint density at radius 3 is 2.53 bits per heavy atom. The number of carbonyl (C=O) groups is 2. The summed E-state index contributed by atoms with van der Waals surface area (Å²) in [6.45, 7) is 3.16. The molecule has 0 aromatic heterocycles. The summed E-state index contributed by atoms with van der Waals surface area (Å²) in [6.07, 6.45) is 0.737. The zero-order chi connectivity index (χ0) is 11.4. The predicted molar refractivity (Wildman–Crippen MR) is 54.1 cm³/mol. The highest BCUT2D eigenvalue weighted by Crippen LogP contribution is 2.20. The number of carbonyl (C=O) groups excluding carboxylic acids is 1. The molecule has 4 heteroatoms. The van der Waals surface area contributed by atoms with Crippen LogP contribution in [-0.2, 0) is 11.2 Å². The van der Waals surface area contributed by atoms with Gasteiger partial charge in [-0.05, 0) is 24.1 Å². The fourth-order valence-electron chi connectivity index (χ4n) is 1.21. The summed E-state index contributed by atoms with van der Waals surface area (Å²) in [5, 5.41) is 8.91. The lowest BCUT2D eigenvalue weighted by molar-refractivity contribution is -0.131. The lowest BCUT2D eigenvalue weighted by Gasteiger charge is -2.06. The van der Waals surface area contributed by atoms with Gasteiger partial charge in [-0.2, -0.15) is 0 Å². The highest BCUT2D eigenvalue weighted by molar-refractivity contribution is 5.92. The van der Waals surface area contributed by atoms with Gasteiger partial charge in [0.2, 0.25) is 0 Å². The number of ether oxygens (including phenoxy) is 1. The van der Waals surface area contributed by atoms with Gasteiger partial charge in [0.25, 0.3) is 0 Å². The van der Waals surface area contributed by atoms with E-state index in [-0.39, 0.29) is 11.3 Å². The summed E-state index contributed by atoms with van der Waals surface area (Å²) in [7, 11) is 0. The van der Waals surface area contributed by atoms with Gasteiger partial charge >= 0.3 is 11.9 Å². The lowest BCUT2D eigenvalue weighted by Crippen LogP contribution is -2.07. The fourth-order valence-corrected chi connectivity index (χ4v) is 1.21. The van der Waals surface area contributed by atoms with E-state index in [1.54, 1.807) is 6.07 Å². The Bertz CT molecular complexity index is 396. The number of aromatic carboxylic acids is 1. The maximum absolute atomic E-state index is 10.9. The van der Waals surface area contributed by atoms with Crippen molar-refractivity contribution in [2.75, 3.05) is 0 Å². The number of carboxylic acids is 1. The summed E-state index contributed by atoms with van der Waals surface area (Å²) < 4.78 is 4.79. The normalized spacial score (nSPS) is 9.73. The van der Waals surface area contributed by atoms with Crippen molar-refractivity contribution in [2.45, 2.75) is 20.3 Å². The molecule has 0 aliphatic rings. The van der Waals surface area contributed by atoms with Crippen LogP contribution in [0, 0.1) is 0 Å². The third-order valence-electron chi connectivity index (χ3n) is 1.94. The molecule has 15 heavy (non-hydrogen) atoms. The first-order valence-electron chi connectivity index (χ1n) is 4.59. The van der Waals surface area contributed by atoms with Crippen LogP contribution in [0.25, 0.3) is 0 Å². The Hall–Kier alpha value is -1.84. The molecule has 1 aromatic carbocycles. The molecule has 4 nitrogen and oxygen atoms in total. The topological polar surface area (TPSA) is 63.6 Å².